The van der Waals surface area contributed by atoms with Gasteiger partial charge in [-0.15, -0.1) is 0 Å². The lowest BCUT2D eigenvalue weighted by Gasteiger charge is -2.13. The van der Waals surface area contributed by atoms with E-state index < -0.39 is 0 Å². The van der Waals surface area contributed by atoms with Crippen molar-refractivity contribution in [3.05, 3.63) is 0 Å². The number of likely N-dealkylation sites (tertiary alicyclic amines) is 1. The first-order valence-corrected chi connectivity index (χ1v) is 6.25. The van der Waals surface area contributed by atoms with E-state index in [1.165, 1.54) is 6.42 Å². The Hall–Kier alpha value is -0.120. The summed E-state index contributed by atoms with van der Waals surface area (Å²) < 4.78 is 0. The van der Waals surface area contributed by atoms with Gasteiger partial charge in [-0.05, 0) is 46.2 Å². The molecule has 1 aliphatic rings. The van der Waals surface area contributed by atoms with Gasteiger partial charge in [0.05, 0.1) is 6.10 Å². The topological polar surface area (TPSA) is 35.5 Å². The van der Waals surface area contributed by atoms with Gasteiger partial charge in [0.15, 0.2) is 0 Å². The second kappa shape index (κ2) is 6.46. The SMILES string of the molecule is CCC(O)CCCNC1CC(C)N(C)C1. The maximum Gasteiger partial charge on any atom is 0.0538 e. The van der Waals surface area contributed by atoms with Crippen molar-refractivity contribution in [2.24, 2.45) is 0 Å². The van der Waals surface area contributed by atoms with Crippen LogP contribution < -0.4 is 5.32 Å². The second-order valence-corrected chi connectivity index (χ2v) is 4.88. The highest BCUT2D eigenvalue weighted by Gasteiger charge is 2.25. The molecule has 1 heterocycles. The summed E-state index contributed by atoms with van der Waals surface area (Å²) in [6.07, 6.45) is 4.05. The molecule has 1 fully saturated rings. The fourth-order valence-corrected chi connectivity index (χ4v) is 2.19. The molecule has 0 spiro atoms. The Bertz CT molecular complexity index is 165. The largest absolute Gasteiger partial charge is 0.393 e. The van der Waals surface area contributed by atoms with Crippen LogP contribution in [-0.2, 0) is 0 Å². The zero-order chi connectivity index (χ0) is 11.3. The van der Waals surface area contributed by atoms with Crippen LogP contribution in [0, 0.1) is 0 Å². The van der Waals surface area contributed by atoms with Crippen molar-refractivity contribution in [2.45, 2.75) is 57.7 Å². The van der Waals surface area contributed by atoms with Gasteiger partial charge in [0.1, 0.15) is 0 Å². The maximum atomic E-state index is 9.40. The van der Waals surface area contributed by atoms with Crippen LogP contribution in [0.4, 0.5) is 0 Å². The van der Waals surface area contributed by atoms with Crippen molar-refractivity contribution in [1.29, 1.82) is 0 Å². The molecule has 1 saturated heterocycles. The van der Waals surface area contributed by atoms with Crippen molar-refractivity contribution in [3.63, 3.8) is 0 Å². The lowest BCUT2D eigenvalue weighted by Crippen LogP contribution is -2.32. The van der Waals surface area contributed by atoms with Crippen LogP contribution in [0.25, 0.3) is 0 Å². The average molecular weight is 214 g/mol. The summed E-state index contributed by atoms with van der Waals surface area (Å²) >= 11 is 0. The van der Waals surface area contributed by atoms with Crippen molar-refractivity contribution >= 4 is 0 Å². The van der Waals surface area contributed by atoms with E-state index in [-0.39, 0.29) is 6.10 Å². The number of rotatable bonds is 6. The van der Waals surface area contributed by atoms with E-state index in [0.29, 0.717) is 12.1 Å². The van der Waals surface area contributed by atoms with Crippen LogP contribution >= 0.6 is 0 Å². The molecule has 90 valence electrons. The number of hydrogen-bond donors (Lipinski definition) is 2. The lowest BCUT2D eigenvalue weighted by atomic mass is 10.1. The highest BCUT2D eigenvalue weighted by atomic mass is 16.3. The normalized spacial score (nSPS) is 29.6. The molecule has 3 nitrogen and oxygen atoms in total. The summed E-state index contributed by atoms with van der Waals surface area (Å²) in [7, 11) is 2.19. The van der Waals surface area contributed by atoms with Gasteiger partial charge >= 0.3 is 0 Å². The van der Waals surface area contributed by atoms with Crippen LogP contribution in [0.5, 0.6) is 0 Å². The van der Waals surface area contributed by atoms with Crippen LogP contribution in [-0.4, -0.2) is 48.3 Å². The minimum absolute atomic E-state index is 0.100. The molecule has 3 heteroatoms. The summed E-state index contributed by atoms with van der Waals surface area (Å²) in [6, 6.07) is 1.37. The Labute approximate surface area is 93.9 Å². The van der Waals surface area contributed by atoms with Crippen molar-refractivity contribution in [2.75, 3.05) is 20.1 Å². The molecule has 0 aliphatic carbocycles. The predicted octanol–water partition coefficient (Wildman–Crippen LogP) is 1.22. The standard InChI is InChI=1S/C12H26N2O/c1-4-12(15)6-5-7-13-11-8-10(2)14(3)9-11/h10-13,15H,4-9H2,1-3H3. The van der Waals surface area contributed by atoms with Crippen LogP contribution in [0.15, 0.2) is 0 Å². The molecule has 0 aromatic rings. The smallest absolute Gasteiger partial charge is 0.0538 e. The Morgan fingerprint density at radius 2 is 2.27 bits per heavy atom. The van der Waals surface area contributed by atoms with Crippen molar-refractivity contribution < 1.29 is 5.11 Å². The Morgan fingerprint density at radius 1 is 1.53 bits per heavy atom. The fourth-order valence-electron chi connectivity index (χ4n) is 2.19. The quantitative estimate of drug-likeness (QED) is 0.653. The lowest BCUT2D eigenvalue weighted by molar-refractivity contribution is 0.157. The van der Waals surface area contributed by atoms with Crippen molar-refractivity contribution in [3.8, 4) is 0 Å². The third-order valence-electron chi connectivity index (χ3n) is 3.50. The number of nitrogens with one attached hydrogen (secondary N) is 1. The molecular weight excluding hydrogens is 188 g/mol. The van der Waals surface area contributed by atoms with Crippen LogP contribution in [0.2, 0.25) is 0 Å². The van der Waals surface area contributed by atoms with Gasteiger partial charge in [0, 0.05) is 18.6 Å². The highest BCUT2D eigenvalue weighted by Crippen LogP contribution is 2.14. The molecule has 3 unspecified atom stereocenters. The van der Waals surface area contributed by atoms with Gasteiger partial charge in [-0.25, -0.2) is 0 Å². The number of aliphatic hydroxyl groups is 1. The van der Waals surface area contributed by atoms with E-state index in [1.54, 1.807) is 0 Å². The first kappa shape index (κ1) is 12.9. The summed E-state index contributed by atoms with van der Waals surface area (Å²) in [6.45, 7) is 6.52. The number of hydrogen-bond acceptors (Lipinski definition) is 3. The van der Waals surface area contributed by atoms with Crippen LogP contribution in [0.1, 0.15) is 39.5 Å². The third-order valence-corrected chi connectivity index (χ3v) is 3.50. The number of nitrogens with zero attached hydrogens (tertiary/aromatic N) is 1. The van der Waals surface area contributed by atoms with E-state index in [4.69, 9.17) is 0 Å². The Balaban J connectivity index is 2.01. The molecule has 1 aliphatic heterocycles. The van der Waals surface area contributed by atoms with Gasteiger partial charge in [0.2, 0.25) is 0 Å². The van der Waals surface area contributed by atoms with Crippen molar-refractivity contribution in [1.82, 2.24) is 10.2 Å². The fraction of sp³-hybridized carbons (Fsp3) is 1.00. The third kappa shape index (κ3) is 4.49. The predicted molar refractivity (Wildman–Crippen MR) is 64.0 cm³/mol. The highest BCUT2D eigenvalue weighted by molar-refractivity contribution is 4.84. The van der Waals surface area contributed by atoms with E-state index in [0.717, 1.165) is 32.4 Å². The van der Waals surface area contributed by atoms with Gasteiger partial charge in [-0.2, -0.15) is 0 Å². The van der Waals surface area contributed by atoms with Gasteiger partial charge < -0.3 is 15.3 Å². The molecule has 0 aromatic heterocycles. The average Bonchev–Trinajstić information content (AvgIpc) is 2.53. The molecule has 1 rings (SSSR count). The summed E-state index contributed by atoms with van der Waals surface area (Å²) in [5.41, 5.74) is 0. The first-order chi connectivity index (χ1) is 7.13. The Morgan fingerprint density at radius 3 is 2.80 bits per heavy atom. The van der Waals surface area contributed by atoms with E-state index >= 15 is 0 Å². The number of likely N-dealkylation sites (N-methyl/N-ethyl adjacent to an activating group) is 1. The van der Waals surface area contributed by atoms with Crippen LogP contribution in [0.3, 0.4) is 0 Å². The molecule has 0 radical (unpaired) electrons. The van der Waals surface area contributed by atoms with Gasteiger partial charge in [0.25, 0.3) is 0 Å². The Kier molecular flexibility index (Phi) is 5.58. The number of aliphatic hydroxyl groups excluding tert-OH is 1. The monoisotopic (exact) mass is 214 g/mol. The molecule has 0 saturated carbocycles. The van der Waals surface area contributed by atoms with E-state index in [2.05, 4.69) is 24.2 Å². The minimum atomic E-state index is -0.100. The molecule has 3 atom stereocenters. The maximum absolute atomic E-state index is 9.40. The molecule has 0 aromatic carbocycles. The van der Waals surface area contributed by atoms with E-state index in [1.807, 2.05) is 6.92 Å². The molecule has 0 bridgehead atoms. The molecular formula is C12H26N2O. The first-order valence-electron chi connectivity index (χ1n) is 6.25. The zero-order valence-corrected chi connectivity index (χ0v) is 10.4. The van der Waals surface area contributed by atoms with Gasteiger partial charge in [-0.3, -0.25) is 0 Å². The molecule has 0 amide bonds. The van der Waals surface area contributed by atoms with Gasteiger partial charge in [-0.1, -0.05) is 6.92 Å². The minimum Gasteiger partial charge on any atom is -0.393 e. The summed E-state index contributed by atoms with van der Waals surface area (Å²) in [4.78, 5) is 2.40. The second-order valence-electron chi connectivity index (χ2n) is 4.88. The summed E-state index contributed by atoms with van der Waals surface area (Å²) in [5.74, 6) is 0. The summed E-state index contributed by atoms with van der Waals surface area (Å²) in [5, 5.41) is 13.0. The molecule has 15 heavy (non-hydrogen) atoms. The van der Waals surface area contributed by atoms with E-state index in [9.17, 15) is 5.11 Å². The zero-order valence-electron chi connectivity index (χ0n) is 10.4. The molecule has 2 N–H and O–H groups in total.